The van der Waals surface area contributed by atoms with Gasteiger partial charge in [-0.1, -0.05) is 13.3 Å². The van der Waals surface area contributed by atoms with Crippen LogP contribution < -0.4 is 5.32 Å². The van der Waals surface area contributed by atoms with Crippen molar-refractivity contribution < 1.29 is 5.11 Å². The van der Waals surface area contributed by atoms with Crippen LogP contribution in [0.1, 0.15) is 19.8 Å². The number of hydrogen-bond acceptors (Lipinski definition) is 3. The first kappa shape index (κ1) is 7.98. The molecule has 0 saturated carbocycles. The third-order valence-electron chi connectivity index (χ3n) is 1.86. The first-order chi connectivity index (χ1) is 4.84. The van der Waals surface area contributed by atoms with Gasteiger partial charge >= 0.3 is 0 Å². The molecule has 60 valence electrons. The fourth-order valence-electron chi connectivity index (χ4n) is 1.22. The van der Waals surface area contributed by atoms with Crippen LogP contribution in [-0.2, 0) is 0 Å². The minimum Gasteiger partial charge on any atom is -0.378 e. The van der Waals surface area contributed by atoms with Gasteiger partial charge in [0.15, 0.2) is 0 Å². The van der Waals surface area contributed by atoms with Crippen molar-refractivity contribution in [3.05, 3.63) is 0 Å². The molecule has 0 aromatic heterocycles. The smallest absolute Gasteiger partial charge is 0.108 e. The van der Waals surface area contributed by atoms with Gasteiger partial charge in [-0.15, -0.1) is 0 Å². The minimum atomic E-state index is -0.222. The Labute approximate surface area is 62.0 Å². The summed E-state index contributed by atoms with van der Waals surface area (Å²) >= 11 is 0. The van der Waals surface area contributed by atoms with Gasteiger partial charge in [-0.05, 0) is 6.42 Å². The van der Waals surface area contributed by atoms with Gasteiger partial charge in [0, 0.05) is 13.1 Å². The Bertz CT molecular complexity index is 91.6. The molecule has 1 unspecified atom stereocenters. The molecule has 0 spiro atoms. The maximum Gasteiger partial charge on any atom is 0.108 e. The second kappa shape index (κ2) is 3.91. The van der Waals surface area contributed by atoms with Gasteiger partial charge in [-0.2, -0.15) is 0 Å². The van der Waals surface area contributed by atoms with Crippen molar-refractivity contribution in [1.82, 2.24) is 10.2 Å². The van der Waals surface area contributed by atoms with E-state index in [2.05, 4.69) is 17.1 Å². The average molecular weight is 144 g/mol. The molecule has 0 amide bonds. The van der Waals surface area contributed by atoms with Crippen LogP contribution in [0.5, 0.6) is 0 Å². The van der Waals surface area contributed by atoms with Gasteiger partial charge in [-0.3, -0.25) is 4.90 Å². The van der Waals surface area contributed by atoms with E-state index in [0.717, 1.165) is 32.6 Å². The zero-order valence-corrected chi connectivity index (χ0v) is 6.51. The maximum atomic E-state index is 9.43. The summed E-state index contributed by atoms with van der Waals surface area (Å²) in [7, 11) is 0. The molecule has 2 N–H and O–H groups in total. The topological polar surface area (TPSA) is 35.5 Å². The standard InChI is InChI=1S/C7H16N2O/c1-2-3-7(10)9-5-4-8-6-9/h7-8,10H,2-6H2,1H3. The Balaban J connectivity index is 2.18. The van der Waals surface area contributed by atoms with Crippen molar-refractivity contribution in [2.45, 2.75) is 26.0 Å². The highest BCUT2D eigenvalue weighted by Crippen LogP contribution is 2.04. The zero-order chi connectivity index (χ0) is 7.40. The monoisotopic (exact) mass is 144 g/mol. The molecule has 0 aromatic carbocycles. The molecule has 3 nitrogen and oxygen atoms in total. The number of aliphatic hydroxyl groups is 1. The van der Waals surface area contributed by atoms with E-state index in [0.29, 0.717) is 0 Å². The average Bonchev–Trinajstić information content (AvgIpc) is 2.38. The Kier molecular flexibility index (Phi) is 3.12. The summed E-state index contributed by atoms with van der Waals surface area (Å²) in [5.74, 6) is 0. The summed E-state index contributed by atoms with van der Waals surface area (Å²) < 4.78 is 0. The van der Waals surface area contributed by atoms with E-state index in [9.17, 15) is 5.11 Å². The van der Waals surface area contributed by atoms with Crippen LogP contribution in [-0.4, -0.2) is 36.0 Å². The molecular formula is C7H16N2O. The van der Waals surface area contributed by atoms with Crippen LogP contribution in [0.25, 0.3) is 0 Å². The van der Waals surface area contributed by atoms with Gasteiger partial charge in [0.25, 0.3) is 0 Å². The van der Waals surface area contributed by atoms with E-state index < -0.39 is 0 Å². The predicted octanol–water partition coefficient (Wildman–Crippen LogP) is -0.0324. The molecule has 0 radical (unpaired) electrons. The number of nitrogens with one attached hydrogen (secondary N) is 1. The second-order valence-electron chi connectivity index (χ2n) is 2.74. The Morgan fingerprint density at radius 2 is 2.50 bits per heavy atom. The van der Waals surface area contributed by atoms with E-state index in [1.54, 1.807) is 0 Å². The Morgan fingerprint density at radius 3 is 3.00 bits per heavy atom. The van der Waals surface area contributed by atoms with E-state index in [1.165, 1.54) is 0 Å². The molecule has 1 aliphatic rings. The van der Waals surface area contributed by atoms with E-state index >= 15 is 0 Å². The highest BCUT2D eigenvalue weighted by atomic mass is 16.3. The lowest BCUT2D eigenvalue weighted by atomic mass is 10.3. The summed E-state index contributed by atoms with van der Waals surface area (Å²) in [6.07, 6.45) is 1.72. The van der Waals surface area contributed by atoms with Crippen molar-refractivity contribution >= 4 is 0 Å². The fourth-order valence-corrected chi connectivity index (χ4v) is 1.22. The lowest BCUT2D eigenvalue weighted by Gasteiger charge is -2.20. The number of rotatable bonds is 3. The lowest BCUT2D eigenvalue weighted by molar-refractivity contribution is 0.0128. The van der Waals surface area contributed by atoms with Gasteiger partial charge in [0.2, 0.25) is 0 Å². The highest BCUT2D eigenvalue weighted by molar-refractivity contribution is 4.68. The fraction of sp³-hybridized carbons (Fsp3) is 1.00. The summed E-state index contributed by atoms with van der Waals surface area (Å²) in [5.41, 5.74) is 0. The SMILES string of the molecule is CCCC(O)N1CCNC1. The second-order valence-corrected chi connectivity index (χ2v) is 2.74. The zero-order valence-electron chi connectivity index (χ0n) is 6.51. The Morgan fingerprint density at radius 1 is 1.70 bits per heavy atom. The molecule has 1 saturated heterocycles. The van der Waals surface area contributed by atoms with Crippen LogP contribution in [0.3, 0.4) is 0 Å². The highest BCUT2D eigenvalue weighted by Gasteiger charge is 2.17. The molecule has 1 atom stereocenters. The normalized spacial score (nSPS) is 23.4. The van der Waals surface area contributed by atoms with Crippen molar-refractivity contribution in [2.75, 3.05) is 19.8 Å². The third kappa shape index (κ3) is 1.94. The summed E-state index contributed by atoms with van der Waals surface area (Å²) in [6.45, 7) is 4.94. The van der Waals surface area contributed by atoms with Gasteiger partial charge in [0.05, 0.1) is 6.67 Å². The lowest BCUT2D eigenvalue weighted by Crippen LogP contribution is -2.33. The molecule has 1 rings (SSSR count). The van der Waals surface area contributed by atoms with E-state index in [1.807, 2.05) is 0 Å². The van der Waals surface area contributed by atoms with Crippen LogP contribution in [0, 0.1) is 0 Å². The van der Waals surface area contributed by atoms with E-state index in [-0.39, 0.29) is 6.23 Å². The maximum absolute atomic E-state index is 9.43. The summed E-state index contributed by atoms with van der Waals surface area (Å²) in [4.78, 5) is 2.06. The van der Waals surface area contributed by atoms with E-state index in [4.69, 9.17) is 0 Å². The summed E-state index contributed by atoms with van der Waals surface area (Å²) in [5, 5.41) is 12.6. The third-order valence-corrected chi connectivity index (χ3v) is 1.86. The molecule has 0 bridgehead atoms. The first-order valence-electron chi connectivity index (χ1n) is 3.97. The summed E-state index contributed by atoms with van der Waals surface area (Å²) in [6, 6.07) is 0. The molecule has 0 aromatic rings. The van der Waals surface area contributed by atoms with Gasteiger partial charge in [-0.25, -0.2) is 0 Å². The molecule has 1 fully saturated rings. The number of aliphatic hydroxyl groups excluding tert-OH is 1. The molecule has 10 heavy (non-hydrogen) atoms. The molecule has 1 heterocycles. The first-order valence-corrected chi connectivity index (χ1v) is 3.97. The molecule has 3 heteroatoms. The van der Waals surface area contributed by atoms with Crippen molar-refractivity contribution in [2.24, 2.45) is 0 Å². The quantitative estimate of drug-likeness (QED) is 0.584. The van der Waals surface area contributed by atoms with Gasteiger partial charge in [0.1, 0.15) is 6.23 Å². The van der Waals surface area contributed by atoms with Gasteiger partial charge < -0.3 is 10.4 Å². The minimum absolute atomic E-state index is 0.222. The predicted molar refractivity (Wildman–Crippen MR) is 40.5 cm³/mol. The Hall–Kier alpha value is -0.120. The van der Waals surface area contributed by atoms with Crippen molar-refractivity contribution in [3.8, 4) is 0 Å². The van der Waals surface area contributed by atoms with Crippen LogP contribution >= 0.6 is 0 Å². The van der Waals surface area contributed by atoms with Crippen LogP contribution in [0.15, 0.2) is 0 Å². The number of hydrogen-bond donors (Lipinski definition) is 2. The molecule has 0 aliphatic carbocycles. The number of nitrogens with zero attached hydrogens (tertiary/aromatic N) is 1. The molecular weight excluding hydrogens is 128 g/mol. The van der Waals surface area contributed by atoms with Crippen LogP contribution in [0.4, 0.5) is 0 Å². The van der Waals surface area contributed by atoms with Crippen molar-refractivity contribution in [1.29, 1.82) is 0 Å². The van der Waals surface area contributed by atoms with Crippen molar-refractivity contribution in [3.63, 3.8) is 0 Å². The molecule has 1 aliphatic heterocycles. The van der Waals surface area contributed by atoms with Crippen LogP contribution in [0.2, 0.25) is 0 Å². The largest absolute Gasteiger partial charge is 0.378 e.